The van der Waals surface area contributed by atoms with E-state index >= 15 is 0 Å². The molecular weight excluding hydrogens is 1230 g/mol. The molecule has 4 aliphatic carbocycles. The third kappa shape index (κ3) is 11.0. The van der Waals surface area contributed by atoms with Gasteiger partial charge in [-0.15, -0.1) is 0 Å². The van der Waals surface area contributed by atoms with Crippen LogP contribution in [0.25, 0.3) is 0 Å². The average molecular weight is 1290 g/mol. The smallest absolute Gasteiger partial charge is 0.870 e. The molecule has 12 heterocycles. The van der Waals surface area contributed by atoms with E-state index in [2.05, 4.69) is 89.8 Å². The number of nitrogens with two attached hydrogens (primary N) is 1. The van der Waals surface area contributed by atoms with Crippen LogP contribution in [0.5, 0.6) is 0 Å². The second kappa shape index (κ2) is 24.9. The molecule has 0 saturated carbocycles. The van der Waals surface area contributed by atoms with Crippen LogP contribution in [0.2, 0.25) is 0 Å². The van der Waals surface area contributed by atoms with Crippen molar-refractivity contribution in [3.05, 3.63) is 204 Å². The van der Waals surface area contributed by atoms with Crippen molar-refractivity contribution in [3.8, 4) is 6.07 Å². The summed E-state index contributed by atoms with van der Waals surface area (Å²) in [7, 11) is 0. The molecule has 16 rings (SSSR count). The van der Waals surface area contributed by atoms with Crippen molar-refractivity contribution < 1.29 is 68.9 Å². The zero-order chi connectivity index (χ0) is 58.0. The first-order valence-corrected chi connectivity index (χ1v) is 27.5. The number of carbonyl (C=O) groups is 6. The molecule has 436 valence electrons. The number of rotatable bonds is 2. The molecule has 8 aliphatic rings. The molecule has 0 aromatic carbocycles. The van der Waals surface area contributed by atoms with E-state index in [-0.39, 0.29) is 84.9 Å². The van der Waals surface area contributed by atoms with Gasteiger partial charge in [0, 0.05) is 130 Å². The topological polar surface area (TPSA) is 354 Å². The van der Waals surface area contributed by atoms with Crippen LogP contribution in [-0.2, 0) is 92.2 Å². The number of fused-ring (bicyclic) bond motifs is 12. The van der Waals surface area contributed by atoms with Gasteiger partial charge in [-0.1, -0.05) is 39.1 Å². The van der Waals surface area contributed by atoms with Crippen molar-refractivity contribution in [1.29, 1.82) is 5.26 Å². The number of anilines is 5. The van der Waals surface area contributed by atoms with Crippen molar-refractivity contribution in [2.45, 2.75) is 102 Å². The van der Waals surface area contributed by atoms with E-state index in [9.17, 15) is 28.8 Å². The quantitative estimate of drug-likeness (QED) is 0.0783. The second-order valence-corrected chi connectivity index (χ2v) is 22.8. The first-order chi connectivity index (χ1) is 40.0. The molecule has 87 heavy (non-hydrogen) atoms. The third-order valence-corrected chi connectivity index (χ3v) is 17.3. The van der Waals surface area contributed by atoms with Gasteiger partial charge in [0.2, 0.25) is 23.6 Å². The molecule has 8 N–H and O–H groups in total. The number of amides is 4. The van der Waals surface area contributed by atoms with Crippen LogP contribution in [-0.4, -0.2) is 85.8 Å². The molecule has 4 amide bonds. The molecule has 22 nitrogen and oxygen atoms in total. The van der Waals surface area contributed by atoms with Gasteiger partial charge in [0.15, 0.2) is 5.78 Å². The summed E-state index contributed by atoms with van der Waals surface area (Å²) in [5.74, 6) is 1.53. The number of carbonyl (C=O) groups excluding carboxylic acids is 5. The number of carboxylic acid groups (broad SMARTS) is 1. The van der Waals surface area contributed by atoms with Gasteiger partial charge in [0.1, 0.15) is 23.3 Å². The number of aromatic carboxylic acids is 1. The Morgan fingerprint density at radius 2 is 0.816 bits per heavy atom. The molecule has 8 aromatic heterocycles. The molecule has 24 heteroatoms. The van der Waals surface area contributed by atoms with Gasteiger partial charge in [-0.25, -0.2) is 24.7 Å². The first kappa shape index (κ1) is 64.2. The molecular formula is C63H58IN14NaO8. The molecule has 0 saturated heterocycles. The number of nitrogen functional groups attached to an aromatic ring is 1. The fourth-order valence-electron chi connectivity index (χ4n) is 12.8. The van der Waals surface area contributed by atoms with Crippen molar-refractivity contribution in [2.75, 3.05) is 27.0 Å². The number of carboxylic acids is 1. The summed E-state index contributed by atoms with van der Waals surface area (Å²) in [5, 5.41) is 27.8. The Hall–Kier alpha value is -8.80. The summed E-state index contributed by atoms with van der Waals surface area (Å²) in [6.45, 7) is 2.95. The van der Waals surface area contributed by atoms with Crippen LogP contribution in [0.3, 0.4) is 0 Å². The van der Waals surface area contributed by atoms with Gasteiger partial charge in [0.25, 0.3) is 0 Å². The van der Waals surface area contributed by atoms with Crippen molar-refractivity contribution in [3.63, 3.8) is 0 Å². The molecule has 4 atom stereocenters. The van der Waals surface area contributed by atoms with Crippen LogP contribution in [0, 0.1) is 14.9 Å². The number of hydrogen-bond acceptors (Lipinski definition) is 17. The Balaban J connectivity index is 0.000000146. The van der Waals surface area contributed by atoms with E-state index in [0.29, 0.717) is 79.5 Å². The summed E-state index contributed by atoms with van der Waals surface area (Å²) >= 11 is 2.25. The third-order valence-electron chi connectivity index (χ3n) is 16.7. The first-order valence-electron chi connectivity index (χ1n) is 26.4. The van der Waals surface area contributed by atoms with Gasteiger partial charge in [0.05, 0.1) is 45.2 Å². The van der Waals surface area contributed by atoms with E-state index in [4.69, 9.17) is 16.1 Å². The summed E-state index contributed by atoms with van der Waals surface area (Å²) < 4.78 is 1.11. The Morgan fingerprint density at radius 3 is 1.16 bits per heavy atom. The minimum absolute atomic E-state index is 0. The van der Waals surface area contributed by atoms with Gasteiger partial charge in [-0.3, -0.25) is 43.9 Å². The van der Waals surface area contributed by atoms with E-state index in [1.807, 2.05) is 60.8 Å². The van der Waals surface area contributed by atoms with E-state index in [1.165, 1.54) is 25.6 Å². The van der Waals surface area contributed by atoms with Crippen molar-refractivity contribution >= 4 is 86.9 Å². The number of hydrogen-bond donors (Lipinski definition) is 6. The fraction of sp³-hybridized carbons (Fsp3) is 0.254. The van der Waals surface area contributed by atoms with E-state index < -0.39 is 27.6 Å². The average Bonchev–Trinajstić information content (AvgIpc) is 1.69. The van der Waals surface area contributed by atoms with Gasteiger partial charge in [-0.05, 0) is 126 Å². The maximum Gasteiger partial charge on any atom is 1.00 e. The number of pyridine rings is 8. The van der Waals surface area contributed by atoms with Crippen LogP contribution < -0.4 is 56.6 Å². The molecule has 0 bridgehead atoms. The monoisotopic (exact) mass is 1290 g/mol. The largest absolute Gasteiger partial charge is 1.00 e. The minimum Gasteiger partial charge on any atom is -0.870 e. The maximum atomic E-state index is 12.5. The predicted molar refractivity (Wildman–Crippen MR) is 326 cm³/mol. The van der Waals surface area contributed by atoms with Crippen LogP contribution in [0.15, 0.2) is 122 Å². The molecule has 4 spiro atoms. The van der Waals surface area contributed by atoms with E-state index in [0.717, 1.165) is 71.7 Å². The molecule has 0 unspecified atom stereocenters. The maximum absolute atomic E-state index is 12.5. The summed E-state index contributed by atoms with van der Waals surface area (Å²) in [6.07, 6.45) is 17.9. The van der Waals surface area contributed by atoms with Crippen LogP contribution in [0.1, 0.15) is 117 Å². The summed E-state index contributed by atoms with van der Waals surface area (Å²) in [6, 6.07) is 24.5. The van der Waals surface area contributed by atoms with Crippen LogP contribution in [0.4, 0.5) is 29.0 Å². The van der Waals surface area contributed by atoms with Crippen molar-refractivity contribution in [2.24, 2.45) is 0 Å². The summed E-state index contributed by atoms with van der Waals surface area (Å²) in [5.41, 5.74) is 16.3. The number of Topliss-reactive ketones (excluding diaryl/α,β-unsaturated/α-hetero) is 1. The number of nitrogens with one attached hydrogen (secondary N) is 4. The van der Waals surface area contributed by atoms with Gasteiger partial charge >= 0.3 is 35.5 Å². The Kier molecular flexibility index (Phi) is 18.4. The van der Waals surface area contributed by atoms with Crippen molar-refractivity contribution in [1.82, 2.24) is 39.9 Å². The van der Waals surface area contributed by atoms with E-state index in [1.54, 1.807) is 55.4 Å². The second-order valence-electron chi connectivity index (χ2n) is 21.5. The molecule has 8 aromatic rings. The normalized spacial score (nSPS) is 20.9. The summed E-state index contributed by atoms with van der Waals surface area (Å²) in [4.78, 5) is 107. The van der Waals surface area contributed by atoms with Gasteiger partial charge in [-0.2, -0.15) is 5.26 Å². The Labute approximate surface area is 536 Å². The zero-order valence-corrected chi connectivity index (χ0v) is 50.2. The minimum atomic E-state index is -1.01. The number of ketones is 1. The molecule has 0 radical (unpaired) electrons. The number of nitriles is 1. The number of aromatic nitrogens is 8. The number of halogens is 1. The molecule has 0 fully saturated rings. The SMILES string of the molecule is C.C.CC#N.CC(=O)c1cnc2c(c1)C[C@@]1(C2)C(=O)Nc2ncccc21.Nc1cnc2c(c1)C[C@@]1(C2)C(=O)Nc2ncccc21.O=C(O)c1cnc2c(c1)C[C@@]1(C2)C(=O)Nc2ncccc21.O=C1Nc2ncccc2[C@@]12Cc1cc(I)cnc1C2.[Na+].[OH-]. The molecule has 4 aliphatic heterocycles. The van der Waals surface area contributed by atoms with Crippen LogP contribution >= 0.6 is 22.6 Å². The fourth-order valence-corrected chi connectivity index (χ4v) is 13.3. The predicted octanol–water partition coefficient (Wildman–Crippen LogP) is 4.58. The standard InChI is InChI=1S/C16H13N3O2.C15H11N3O3.C14H10IN3O.C14H12N4O.C2H3N.2CH4.Na.H2O/c1-9(20)11-5-10-6-16(7-13(10)18-8-11)12-3-2-4-17-14(12)19-15(16)21;19-13(20)9-4-8-5-15(6-11(8)17-7-9)10-2-1-3-16-12(10)18-14(15)21;2*15-9-4-8-5-14(6-11(8)17-7-9)10-2-1-3-16-12(10)18-13(14)19;1-2-3;;;;/h2-5,8H,6-7H2,1H3,(H,17,19,21);1-4,7H,5-6H2,(H,19,20)(H,16,18,21);1-4,7H,5-6H2,(H,16,18,19);1-4,7H,5-6,15H2,(H,16,18,19);1H3;2*1H4;;1H2/q;;;;;;;+1;/p-1/t16-;15-;2*14-;;;;;/m0000...../s1. The number of nitrogens with zero attached hydrogens (tertiary/aromatic N) is 9. The zero-order valence-electron chi connectivity index (χ0n) is 46.0. The Morgan fingerprint density at radius 1 is 0.517 bits per heavy atom. The Bertz CT molecular complexity index is 3930. The van der Waals surface area contributed by atoms with Gasteiger partial charge < -0.3 is 37.6 Å².